The van der Waals surface area contributed by atoms with E-state index in [0.29, 0.717) is 36.1 Å². The Morgan fingerprint density at radius 3 is 2.53 bits per heavy atom. The predicted molar refractivity (Wildman–Crippen MR) is 135 cm³/mol. The molecule has 36 heavy (non-hydrogen) atoms. The average Bonchev–Trinajstić information content (AvgIpc) is 3.45. The van der Waals surface area contributed by atoms with Gasteiger partial charge in [0, 0.05) is 25.7 Å². The fraction of sp³-hybridized carbons (Fsp3) is 0.185. The van der Waals surface area contributed by atoms with Gasteiger partial charge >= 0.3 is 5.97 Å². The molecule has 9 nitrogen and oxygen atoms in total. The van der Waals surface area contributed by atoms with E-state index in [1.807, 2.05) is 41.9 Å². The van der Waals surface area contributed by atoms with Gasteiger partial charge in [-0.3, -0.25) is 0 Å². The summed E-state index contributed by atoms with van der Waals surface area (Å²) in [6.07, 6.45) is 1.75. The summed E-state index contributed by atoms with van der Waals surface area (Å²) in [5.74, 6) is 6.06. The molecule has 2 aromatic carbocycles. The second kappa shape index (κ2) is 8.83. The molecule has 1 aliphatic heterocycles. The van der Waals surface area contributed by atoms with E-state index in [0.717, 1.165) is 35.4 Å². The van der Waals surface area contributed by atoms with Crippen LogP contribution in [-0.4, -0.2) is 61.5 Å². The number of aromatic nitrogens is 5. The molecule has 0 aliphatic carbocycles. The highest BCUT2D eigenvalue weighted by atomic mass is 16.5. The number of nitrogens with zero attached hydrogens (tertiary/aromatic N) is 6. The number of ether oxygens (including phenoxy) is 1. The molecule has 0 saturated carbocycles. The maximum atomic E-state index is 11.4. The number of carbonyl (C=O) groups is 1. The molecule has 0 amide bonds. The zero-order valence-electron chi connectivity index (χ0n) is 19.5. The number of carboxylic acids is 1. The molecule has 3 aromatic heterocycles. The van der Waals surface area contributed by atoms with Crippen molar-refractivity contribution in [3.05, 3.63) is 77.9 Å². The highest BCUT2D eigenvalue weighted by Crippen LogP contribution is 2.29. The minimum absolute atomic E-state index is 0.210. The third-order valence-corrected chi connectivity index (χ3v) is 6.33. The Kier molecular flexibility index (Phi) is 5.36. The van der Waals surface area contributed by atoms with E-state index in [4.69, 9.17) is 9.72 Å². The lowest BCUT2D eigenvalue weighted by Crippen LogP contribution is -2.36. The molecule has 4 heterocycles. The first-order valence-electron chi connectivity index (χ1n) is 11.6. The summed E-state index contributed by atoms with van der Waals surface area (Å²) in [7, 11) is 1.94. The molecule has 9 heteroatoms. The van der Waals surface area contributed by atoms with Crippen molar-refractivity contribution in [2.75, 3.05) is 31.2 Å². The highest BCUT2D eigenvalue weighted by molar-refractivity contribution is 5.88. The number of morpholine rings is 1. The van der Waals surface area contributed by atoms with Crippen molar-refractivity contribution in [3.8, 4) is 23.1 Å². The number of benzene rings is 2. The number of para-hydroxylation sites is 2. The molecule has 0 atom stereocenters. The monoisotopic (exact) mass is 478 g/mol. The molecule has 1 aliphatic rings. The maximum Gasteiger partial charge on any atom is 0.335 e. The van der Waals surface area contributed by atoms with Crippen molar-refractivity contribution in [2.24, 2.45) is 7.05 Å². The van der Waals surface area contributed by atoms with Crippen molar-refractivity contribution in [2.45, 2.75) is 0 Å². The van der Waals surface area contributed by atoms with E-state index < -0.39 is 5.97 Å². The number of anilines is 1. The van der Waals surface area contributed by atoms with Gasteiger partial charge in [-0.05, 0) is 42.2 Å². The predicted octanol–water partition coefficient (Wildman–Crippen LogP) is 3.22. The molecule has 0 bridgehead atoms. The molecule has 1 saturated heterocycles. The van der Waals surface area contributed by atoms with E-state index in [2.05, 4.69) is 26.8 Å². The summed E-state index contributed by atoms with van der Waals surface area (Å²) in [4.78, 5) is 23.2. The van der Waals surface area contributed by atoms with Gasteiger partial charge in [-0.2, -0.15) is 5.10 Å². The quantitative estimate of drug-likeness (QED) is 0.398. The number of fused-ring (bicyclic) bond motifs is 2. The lowest BCUT2D eigenvalue weighted by molar-refractivity contribution is 0.0697. The summed E-state index contributed by atoms with van der Waals surface area (Å²) >= 11 is 0. The smallest absolute Gasteiger partial charge is 0.335 e. The van der Waals surface area contributed by atoms with Crippen LogP contribution in [-0.2, 0) is 11.8 Å². The number of hydrogen-bond donors (Lipinski definition) is 1. The number of aryl methyl sites for hydroxylation is 1. The van der Waals surface area contributed by atoms with Gasteiger partial charge in [0.1, 0.15) is 11.4 Å². The Balaban J connectivity index is 1.53. The van der Waals surface area contributed by atoms with E-state index in [1.165, 1.54) is 0 Å². The summed E-state index contributed by atoms with van der Waals surface area (Å²) in [5, 5.41) is 13.9. The third-order valence-electron chi connectivity index (χ3n) is 6.33. The molecule has 0 spiro atoms. The summed E-state index contributed by atoms with van der Waals surface area (Å²) in [5.41, 5.74) is 5.73. The Morgan fingerprint density at radius 2 is 1.78 bits per heavy atom. The SMILES string of the molecule is Cn1c(C#Cc2nc3c(N4CCOCC4)ccnn3c2-c2ccc(C(=O)O)cc2)nc2ccccc21. The van der Waals surface area contributed by atoms with Gasteiger partial charge in [0.05, 0.1) is 41.7 Å². The molecule has 0 unspecified atom stereocenters. The maximum absolute atomic E-state index is 11.4. The number of rotatable bonds is 3. The van der Waals surface area contributed by atoms with Crippen molar-refractivity contribution in [3.63, 3.8) is 0 Å². The first-order valence-corrected chi connectivity index (χ1v) is 11.6. The Morgan fingerprint density at radius 1 is 1.00 bits per heavy atom. The van der Waals surface area contributed by atoms with Crippen LogP contribution in [0, 0.1) is 11.8 Å². The highest BCUT2D eigenvalue weighted by Gasteiger charge is 2.21. The summed E-state index contributed by atoms with van der Waals surface area (Å²) in [6.45, 7) is 2.82. The van der Waals surface area contributed by atoms with Crippen LogP contribution >= 0.6 is 0 Å². The first-order chi connectivity index (χ1) is 17.6. The lowest BCUT2D eigenvalue weighted by atomic mass is 10.1. The van der Waals surface area contributed by atoms with Crippen molar-refractivity contribution in [1.82, 2.24) is 24.1 Å². The standard InChI is InChI=1S/C27H22N6O3/c1-31-22-5-3-2-4-20(22)29-24(31)11-10-21-25(18-6-8-19(9-7-18)27(34)35)33-26(30-21)23(12-13-28-33)32-14-16-36-17-15-32/h2-9,12-13H,14-17H2,1H3,(H,34,35). The largest absolute Gasteiger partial charge is 0.478 e. The van der Waals surface area contributed by atoms with Gasteiger partial charge < -0.3 is 19.3 Å². The molecule has 6 rings (SSSR count). The molecule has 1 fully saturated rings. The second-order valence-electron chi connectivity index (χ2n) is 8.48. The molecule has 178 valence electrons. The normalized spacial score (nSPS) is 13.6. The van der Waals surface area contributed by atoms with E-state index in [1.54, 1.807) is 35.0 Å². The Labute approximate surface area is 206 Å². The van der Waals surface area contributed by atoms with Crippen molar-refractivity contribution in [1.29, 1.82) is 0 Å². The van der Waals surface area contributed by atoms with Crippen LogP contribution in [0.5, 0.6) is 0 Å². The molecule has 0 radical (unpaired) electrons. The number of carboxylic acid groups (broad SMARTS) is 1. The van der Waals surface area contributed by atoms with Crippen molar-refractivity contribution >= 4 is 28.3 Å². The van der Waals surface area contributed by atoms with E-state index in [-0.39, 0.29) is 5.56 Å². The minimum atomic E-state index is -0.978. The molecule has 5 aromatic rings. The van der Waals surface area contributed by atoms with Crippen molar-refractivity contribution < 1.29 is 14.6 Å². The van der Waals surface area contributed by atoms with Crippen LogP contribution in [0.25, 0.3) is 27.9 Å². The van der Waals surface area contributed by atoms with Gasteiger partial charge in [-0.25, -0.2) is 19.3 Å². The Hall–Kier alpha value is -4.68. The zero-order valence-corrected chi connectivity index (χ0v) is 19.5. The fourth-order valence-electron chi connectivity index (χ4n) is 4.48. The van der Waals surface area contributed by atoms with Crippen LogP contribution in [0.4, 0.5) is 5.69 Å². The third kappa shape index (κ3) is 3.74. The molecular weight excluding hydrogens is 456 g/mol. The number of hydrogen-bond acceptors (Lipinski definition) is 6. The van der Waals surface area contributed by atoms with Gasteiger partial charge in [0.2, 0.25) is 0 Å². The lowest BCUT2D eigenvalue weighted by Gasteiger charge is -2.28. The van der Waals surface area contributed by atoms with Crippen LogP contribution < -0.4 is 4.90 Å². The Bertz CT molecular complexity index is 1670. The summed E-state index contributed by atoms with van der Waals surface area (Å²) in [6, 6.07) is 16.5. The number of aromatic carboxylic acids is 1. The number of imidazole rings is 2. The first kappa shape index (κ1) is 21.8. The zero-order chi connectivity index (χ0) is 24.6. The average molecular weight is 479 g/mol. The van der Waals surface area contributed by atoms with Gasteiger partial charge in [0.15, 0.2) is 11.5 Å². The van der Waals surface area contributed by atoms with Crippen LogP contribution in [0.1, 0.15) is 21.9 Å². The topological polar surface area (TPSA) is 97.8 Å². The fourth-order valence-corrected chi connectivity index (χ4v) is 4.48. The van der Waals surface area contributed by atoms with Gasteiger partial charge in [0.25, 0.3) is 0 Å². The summed E-state index contributed by atoms with van der Waals surface area (Å²) < 4.78 is 9.25. The van der Waals surface area contributed by atoms with E-state index in [9.17, 15) is 9.90 Å². The molecule has 1 N–H and O–H groups in total. The van der Waals surface area contributed by atoms with Gasteiger partial charge in [-0.1, -0.05) is 24.3 Å². The van der Waals surface area contributed by atoms with Crippen LogP contribution in [0.2, 0.25) is 0 Å². The van der Waals surface area contributed by atoms with E-state index >= 15 is 0 Å². The molecular formula is C27H22N6O3. The van der Waals surface area contributed by atoms with Crippen LogP contribution in [0.15, 0.2) is 60.8 Å². The minimum Gasteiger partial charge on any atom is -0.478 e. The van der Waals surface area contributed by atoms with Gasteiger partial charge in [-0.15, -0.1) is 0 Å². The van der Waals surface area contributed by atoms with Crippen LogP contribution in [0.3, 0.4) is 0 Å². The second-order valence-corrected chi connectivity index (χ2v) is 8.48.